The van der Waals surface area contributed by atoms with Gasteiger partial charge in [0.1, 0.15) is 0 Å². The lowest BCUT2D eigenvalue weighted by atomic mass is 10.2. The van der Waals surface area contributed by atoms with Gasteiger partial charge in [-0.1, -0.05) is 11.6 Å². The van der Waals surface area contributed by atoms with Crippen molar-refractivity contribution in [2.45, 2.75) is 13.8 Å². The largest absolute Gasteiger partial charge is 0.139 e. The van der Waals surface area contributed by atoms with Gasteiger partial charge in [-0.2, -0.15) is 0 Å². The lowest BCUT2D eigenvalue weighted by Crippen LogP contribution is -1.72. The Morgan fingerprint density at radius 3 is 2.75 bits per heavy atom. The molecular weight excluding hydrogens is 279 g/mol. The molecule has 62 valence electrons. The van der Waals surface area contributed by atoms with E-state index >= 15 is 0 Å². The molecule has 0 aliphatic heterocycles. The zero-order valence-electron chi connectivity index (χ0n) is 7.02. The zero-order valence-corrected chi connectivity index (χ0v) is 9.99. The minimum Gasteiger partial charge on any atom is -0.139 e. The molecule has 2 rings (SSSR count). The third kappa shape index (κ3) is 1.27. The first kappa shape index (κ1) is 8.51. The summed E-state index contributed by atoms with van der Waals surface area (Å²) in [6.45, 7) is 4.32. The quantitative estimate of drug-likeness (QED) is 0.640. The highest BCUT2D eigenvalue weighted by molar-refractivity contribution is 14.1. The minimum atomic E-state index is 1.35. The summed E-state index contributed by atoms with van der Waals surface area (Å²) < 4.78 is 2.82. The van der Waals surface area contributed by atoms with Crippen molar-refractivity contribution in [2.24, 2.45) is 0 Å². The Morgan fingerprint density at radius 1 is 1.25 bits per heavy atom. The summed E-state index contributed by atoms with van der Waals surface area (Å²) in [6.07, 6.45) is 0. The molecule has 12 heavy (non-hydrogen) atoms. The first-order valence-corrected chi connectivity index (χ1v) is 5.73. The molecule has 0 aliphatic carbocycles. The first-order chi connectivity index (χ1) is 5.68. The van der Waals surface area contributed by atoms with Gasteiger partial charge >= 0.3 is 0 Å². The van der Waals surface area contributed by atoms with Crippen molar-refractivity contribution in [3.63, 3.8) is 0 Å². The fourth-order valence-corrected chi connectivity index (χ4v) is 3.20. The number of hydrogen-bond acceptors (Lipinski definition) is 1. The number of halogens is 1. The third-order valence-electron chi connectivity index (χ3n) is 1.94. The second-order valence-corrected chi connectivity index (χ2v) is 5.31. The molecule has 1 aromatic carbocycles. The van der Waals surface area contributed by atoms with Crippen LogP contribution < -0.4 is 0 Å². The van der Waals surface area contributed by atoms with Gasteiger partial charge in [0.2, 0.25) is 0 Å². The van der Waals surface area contributed by atoms with Crippen molar-refractivity contribution < 1.29 is 0 Å². The normalized spacial score (nSPS) is 10.9. The summed E-state index contributed by atoms with van der Waals surface area (Å²) in [6, 6.07) is 6.65. The predicted molar refractivity (Wildman–Crippen MR) is 64.0 cm³/mol. The van der Waals surface area contributed by atoms with E-state index < -0.39 is 0 Å². The van der Waals surface area contributed by atoms with E-state index in [4.69, 9.17) is 0 Å². The Labute approximate surface area is 89.7 Å². The summed E-state index contributed by atoms with van der Waals surface area (Å²) in [5.41, 5.74) is 1.35. The average molecular weight is 288 g/mol. The van der Waals surface area contributed by atoms with Crippen LogP contribution in [0.1, 0.15) is 10.4 Å². The van der Waals surface area contributed by atoms with Crippen LogP contribution in [0.4, 0.5) is 0 Å². The molecule has 0 bridgehead atoms. The molecule has 0 amide bonds. The molecule has 0 saturated carbocycles. The number of rotatable bonds is 0. The van der Waals surface area contributed by atoms with Gasteiger partial charge in [0.05, 0.1) is 0 Å². The Morgan fingerprint density at radius 2 is 2.00 bits per heavy atom. The lowest BCUT2D eigenvalue weighted by molar-refractivity contribution is 1.51. The van der Waals surface area contributed by atoms with Crippen molar-refractivity contribution in [3.05, 3.63) is 32.2 Å². The van der Waals surface area contributed by atoms with Crippen LogP contribution in [0, 0.1) is 17.4 Å². The van der Waals surface area contributed by atoms with Gasteiger partial charge in [-0.3, -0.25) is 0 Å². The molecule has 1 heterocycles. The van der Waals surface area contributed by atoms with Crippen molar-refractivity contribution in [1.82, 2.24) is 0 Å². The van der Waals surface area contributed by atoms with Crippen LogP contribution in [0.3, 0.4) is 0 Å². The monoisotopic (exact) mass is 288 g/mol. The summed E-state index contributed by atoms with van der Waals surface area (Å²) in [7, 11) is 0. The SMILES string of the molecule is Cc1ccc2sc(C)c(I)c2c1. The second kappa shape index (κ2) is 3.00. The molecule has 0 fully saturated rings. The number of thiophene rings is 1. The summed E-state index contributed by atoms with van der Waals surface area (Å²) >= 11 is 4.30. The summed E-state index contributed by atoms with van der Waals surface area (Å²) in [4.78, 5) is 1.43. The van der Waals surface area contributed by atoms with E-state index in [0.29, 0.717) is 0 Å². The number of aryl methyl sites for hydroxylation is 2. The predicted octanol–water partition coefficient (Wildman–Crippen LogP) is 4.12. The fraction of sp³-hybridized carbons (Fsp3) is 0.200. The molecule has 2 heteroatoms. The van der Waals surface area contributed by atoms with E-state index in [9.17, 15) is 0 Å². The minimum absolute atomic E-state index is 1.35. The van der Waals surface area contributed by atoms with Gasteiger partial charge in [-0.25, -0.2) is 0 Å². The van der Waals surface area contributed by atoms with Crippen LogP contribution in [0.2, 0.25) is 0 Å². The van der Waals surface area contributed by atoms with E-state index in [-0.39, 0.29) is 0 Å². The van der Waals surface area contributed by atoms with E-state index in [1.165, 1.54) is 24.1 Å². The molecule has 0 radical (unpaired) electrons. The Balaban J connectivity index is 2.88. The zero-order chi connectivity index (χ0) is 8.72. The van der Waals surface area contributed by atoms with Crippen LogP contribution in [-0.4, -0.2) is 0 Å². The van der Waals surface area contributed by atoms with Crippen LogP contribution >= 0.6 is 33.9 Å². The van der Waals surface area contributed by atoms with Crippen molar-refractivity contribution in [3.8, 4) is 0 Å². The standard InChI is InChI=1S/C10H9IS/c1-6-3-4-9-8(5-6)10(11)7(2)12-9/h3-5H,1-2H3. The average Bonchev–Trinajstić information content (AvgIpc) is 2.31. The van der Waals surface area contributed by atoms with Crippen molar-refractivity contribution in [2.75, 3.05) is 0 Å². The molecule has 0 N–H and O–H groups in total. The van der Waals surface area contributed by atoms with Gasteiger partial charge in [0.15, 0.2) is 0 Å². The summed E-state index contributed by atoms with van der Waals surface area (Å²) in [5, 5.41) is 1.41. The Kier molecular flexibility index (Phi) is 2.12. The van der Waals surface area contributed by atoms with E-state index in [1.54, 1.807) is 0 Å². The maximum absolute atomic E-state index is 2.42. The fourth-order valence-electron chi connectivity index (χ4n) is 1.30. The molecule has 0 atom stereocenters. The van der Waals surface area contributed by atoms with Gasteiger partial charge in [0.25, 0.3) is 0 Å². The van der Waals surface area contributed by atoms with Crippen LogP contribution in [0.25, 0.3) is 10.1 Å². The molecule has 0 saturated heterocycles. The lowest BCUT2D eigenvalue weighted by Gasteiger charge is -1.92. The molecule has 1 aromatic heterocycles. The summed E-state index contributed by atoms with van der Waals surface area (Å²) in [5.74, 6) is 0. The molecule has 0 aliphatic rings. The first-order valence-electron chi connectivity index (χ1n) is 3.84. The highest BCUT2D eigenvalue weighted by Gasteiger charge is 2.04. The van der Waals surface area contributed by atoms with Crippen molar-refractivity contribution >= 4 is 44.0 Å². The maximum atomic E-state index is 2.42. The van der Waals surface area contributed by atoms with Crippen LogP contribution in [0.5, 0.6) is 0 Å². The highest BCUT2D eigenvalue weighted by Crippen LogP contribution is 2.32. The molecule has 0 unspecified atom stereocenters. The van der Waals surface area contributed by atoms with E-state index in [0.717, 1.165) is 0 Å². The molecule has 0 nitrogen and oxygen atoms in total. The second-order valence-electron chi connectivity index (χ2n) is 2.97. The number of benzene rings is 1. The number of hydrogen-bond donors (Lipinski definition) is 0. The molecule has 0 spiro atoms. The molecular formula is C10H9IS. The van der Waals surface area contributed by atoms with Gasteiger partial charge in [0, 0.05) is 18.5 Å². The van der Waals surface area contributed by atoms with Gasteiger partial charge < -0.3 is 0 Å². The number of fused-ring (bicyclic) bond motifs is 1. The Bertz CT molecular complexity index is 429. The van der Waals surface area contributed by atoms with Gasteiger partial charge in [-0.15, -0.1) is 11.3 Å². The van der Waals surface area contributed by atoms with E-state index in [1.807, 2.05) is 11.3 Å². The van der Waals surface area contributed by atoms with E-state index in [2.05, 4.69) is 54.6 Å². The smallest absolute Gasteiger partial charge is 0.0356 e. The van der Waals surface area contributed by atoms with Crippen LogP contribution in [-0.2, 0) is 0 Å². The topological polar surface area (TPSA) is 0 Å². The van der Waals surface area contributed by atoms with Gasteiger partial charge in [-0.05, 0) is 48.6 Å². The Hall–Kier alpha value is -0.0900. The highest BCUT2D eigenvalue weighted by atomic mass is 127. The maximum Gasteiger partial charge on any atom is 0.0356 e. The molecule has 2 aromatic rings. The third-order valence-corrected chi connectivity index (χ3v) is 4.79. The van der Waals surface area contributed by atoms with Crippen LogP contribution in [0.15, 0.2) is 18.2 Å². The van der Waals surface area contributed by atoms with Crippen molar-refractivity contribution in [1.29, 1.82) is 0 Å².